The largest absolute Gasteiger partial charge is 0.368 e. The van der Waals surface area contributed by atoms with E-state index in [9.17, 15) is 9.59 Å². The van der Waals surface area contributed by atoms with Crippen LogP contribution in [0.4, 0.5) is 0 Å². The number of hydrogen-bond donors (Lipinski definition) is 4. The second-order valence-corrected chi connectivity index (χ2v) is 4.66. The number of aromatic nitrogens is 2. The minimum absolute atomic E-state index is 0.0270. The molecular formula is C12H21N5O2. The van der Waals surface area contributed by atoms with E-state index in [1.54, 1.807) is 6.20 Å². The third-order valence-electron chi connectivity index (χ3n) is 3.15. The van der Waals surface area contributed by atoms with Crippen LogP contribution in [0.5, 0.6) is 0 Å². The van der Waals surface area contributed by atoms with Crippen molar-refractivity contribution in [2.24, 2.45) is 17.4 Å². The molecule has 0 aliphatic carbocycles. The van der Waals surface area contributed by atoms with Gasteiger partial charge in [0.15, 0.2) is 0 Å². The van der Waals surface area contributed by atoms with E-state index in [2.05, 4.69) is 15.3 Å². The number of imidazole rings is 1. The molecule has 0 aliphatic heterocycles. The van der Waals surface area contributed by atoms with E-state index in [-0.39, 0.29) is 5.92 Å². The lowest BCUT2D eigenvalue weighted by molar-refractivity contribution is -0.129. The van der Waals surface area contributed by atoms with Gasteiger partial charge in [-0.3, -0.25) is 9.59 Å². The van der Waals surface area contributed by atoms with Crippen LogP contribution in [0.1, 0.15) is 26.0 Å². The van der Waals surface area contributed by atoms with E-state index in [1.807, 2.05) is 13.8 Å². The zero-order valence-electron chi connectivity index (χ0n) is 11.2. The molecule has 3 atom stereocenters. The third kappa shape index (κ3) is 4.36. The fourth-order valence-corrected chi connectivity index (χ4v) is 1.72. The van der Waals surface area contributed by atoms with E-state index in [0.717, 1.165) is 12.1 Å². The summed E-state index contributed by atoms with van der Waals surface area (Å²) in [7, 11) is 0. The second kappa shape index (κ2) is 6.89. The van der Waals surface area contributed by atoms with Gasteiger partial charge in [-0.15, -0.1) is 0 Å². The van der Waals surface area contributed by atoms with Crippen molar-refractivity contribution in [2.45, 2.75) is 38.8 Å². The van der Waals surface area contributed by atoms with Gasteiger partial charge in [-0.2, -0.15) is 0 Å². The Balaban J connectivity index is 2.58. The van der Waals surface area contributed by atoms with Crippen molar-refractivity contribution in [3.63, 3.8) is 0 Å². The van der Waals surface area contributed by atoms with Gasteiger partial charge in [0.05, 0.1) is 12.4 Å². The lowest BCUT2D eigenvalue weighted by Gasteiger charge is -2.22. The van der Waals surface area contributed by atoms with Gasteiger partial charge in [-0.25, -0.2) is 4.98 Å². The van der Waals surface area contributed by atoms with Crippen LogP contribution in [0, 0.1) is 5.92 Å². The molecule has 0 saturated heterocycles. The maximum atomic E-state index is 11.9. The molecule has 0 bridgehead atoms. The van der Waals surface area contributed by atoms with Gasteiger partial charge < -0.3 is 21.8 Å². The second-order valence-electron chi connectivity index (χ2n) is 4.66. The number of nitrogens with zero attached hydrogens (tertiary/aromatic N) is 1. The Kier molecular flexibility index (Phi) is 5.50. The Morgan fingerprint density at radius 1 is 1.53 bits per heavy atom. The van der Waals surface area contributed by atoms with E-state index in [4.69, 9.17) is 11.5 Å². The summed E-state index contributed by atoms with van der Waals surface area (Å²) in [5.74, 6) is -0.962. The van der Waals surface area contributed by atoms with Crippen LogP contribution in [-0.2, 0) is 16.0 Å². The smallest absolute Gasteiger partial charge is 0.240 e. The number of carbonyl (C=O) groups is 2. The molecule has 6 N–H and O–H groups in total. The van der Waals surface area contributed by atoms with E-state index < -0.39 is 23.9 Å². The van der Waals surface area contributed by atoms with E-state index in [0.29, 0.717) is 6.42 Å². The Bertz CT molecular complexity index is 418. The lowest BCUT2D eigenvalue weighted by Crippen LogP contribution is -2.53. The number of hydrogen-bond acceptors (Lipinski definition) is 4. The van der Waals surface area contributed by atoms with Crippen LogP contribution in [-0.4, -0.2) is 33.9 Å². The predicted octanol–water partition coefficient (Wildman–Crippen LogP) is -0.704. The van der Waals surface area contributed by atoms with E-state index >= 15 is 0 Å². The van der Waals surface area contributed by atoms with Crippen molar-refractivity contribution >= 4 is 11.8 Å². The maximum Gasteiger partial charge on any atom is 0.240 e. The number of amides is 2. The predicted molar refractivity (Wildman–Crippen MR) is 70.8 cm³/mol. The molecule has 1 aromatic rings. The number of H-pyrrole nitrogens is 1. The Morgan fingerprint density at radius 3 is 2.68 bits per heavy atom. The summed E-state index contributed by atoms with van der Waals surface area (Å²) in [6, 6.07) is -1.43. The molecule has 7 nitrogen and oxygen atoms in total. The number of carbonyl (C=O) groups excluding carboxylic acids is 2. The maximum absolute atomic E-state index is 11.9. The molecule has 1 heterocycles. The summed E-state index contributed by atoms with van der Waals surface area (Å²) in [6.45, 7) is 3.79. The lowest BCUT2D eigenvalue weighted by atomic mass is 9.98. The van der Waals surface area contributed by atoms with Crippen LogP contribution >= 0.6 is 0 Å². The Morgan fingerprint density at radius 2 is 2.21 bits per heavy atom. The van der Waals surface area contributed by atoms with Crippen molar-refractivity contribution in [1.82, 2.24) is 15.3 Å². The number of nitrogens with two attached hydrogens (primary N) is 2. The summed E-state index contributed by atoms with van der Waals surface area (Å²) in [6.07, 6.45) is 4.19. The highest BCUT2D eigenvalue weighted by Crippen LogP contribution is 2.07. The van der Waals surface area contributed by atoms with Gasteiger partial charge >= 0.3 is 0 Å². The van der Waals surface area contributed by atoms with Crippen LogP contribution in [0.15, 0.2) is 12.5 Å². The van der Waals surface area contributed by atoms with Gasteiger partial charge in [-0.1, -0.05) is 20.3 Å². The van der Waals surface area contributed by atoms with E-state index in [1.165, 1.54) is 6.33 Å². The SMILES string of the molecule is CC[C@H](C)[C@H](NC(=O)[C@@H](N)Cc1cnc[nH]1)C(N)=O. The van der Waals surface area contributed by atoms with Gasteiger partial charge in [0.1, 0.15) is 6.04 Å². The average Bonchev–Trinajstić information content (AvgIpc) is 2.86. The summed E-state index contributed by atoms with van der Waals surface area (Å²) in [5, 5.41) is 2.61. The third-order valence-corrected chi connectivity index (χ3v) is 3.15. The minimum atomic E-state index is -0.744. The highest BCUT2D eigenvalue weighted by atomic mass is 16.2. The summed E-state index contributed by atoms with van der Waals surface area (Å²) in [5.41, 5.74) is 11.8. The number of rotatable bonds is 7. The first-order valence-electron chi connectivity index (χ1n) is 6.28. The Hall–Kier alpha value is -1.89. The molecule has 106 valence electrons. The molecule has 1 rings (SSSR count). The average molecular weight is 267 g/mol. The Labute approximate surface area is 112 Å². The molecule has 0 fully saturated rings. The molecule has 2 amide bonds. The van der Waals surface area contributed by atoms with Gasteiger partial charge in [-0.05, 0) is 5.92 Å². The summed E-state index contributed by atoms with van der Waals surface area (Å²) < 4.78 is 0. The molecular weight excluding hydrogens is 246 g/mol. The zero-order chi connectivity index (χ0) is 14.4. The first-order valence-corrected chi connectivity index (χ1v) is 6.28. The van der Waals surface area contributed by atoms with Gasteiger partial charge in [0.25, 0.3) is 0 Å². The topological polar surface area (TPSA) is 127 Å². The summed E-state index contributed by atoms with van der Waals surface area (Å²) >= 11 is 0. The summed E-state index contributed by atoms with van der Waals surface area (Å²) in [4.78, 5) is 30.0. The standard InChI is InChI=1S/C12H21N5O2/c1-3-7(2)10(11(14)18)17-12(19)9(13)4-8-5-15-6-16-8/h5-7,9-10H,3-4,13H2,1-2H3,(H2,14,18)(H,15,16)(H,17,19)/t7-,9-,10-/m0/s1. The number of nitrogens with one attached hydrogen (secondary N) is 2. The van der Waals surface area contributed by atoms with Crippen LogP contribution in [0.2, 0.25) is 0 Å². The highest BCUT2D eigenvalue weighted by molar-refractivity contribution is 5.89. The fourth-order valence-electron chi connectivity index (χ4n) is 1.72. The first-order chi connectivity index (χ1) is 8.95. The normalized spacial score (nSPS) is 15.5. The molecule has 0 radical (unpaired) electrons. The fraction of sp³-hybridized carbons (Fsp3) is 0.583. The van der Waals surface area contributed by atoms with Crippen molar-refractivity contribution in [1.29, 1.82) is 0 Å². The van der Waals surface area contributed by atoms with Crippen molar-refractivity contribution in [3.05, 3.63) is 18.2 Å². The quantitative estimate of drug-likeness (QED) is 0.520. The molecule has 0 saturated carbocycles. The molecule has 19 heavy (non-hydrogen) atoms. The molecule has 1 aromatic heterocycles. The number of primary amides is 1. The van der Waals surface area contributed by atoms with Gasteiger partial charge in [0, 0.05) is 18.3 Å². The van der Waals surface area contributed by atoms with Crippen molar-refractivity contribution in [2.75, 3.05) is 0 Å². The van der Waals surface area contributed by atoms with Crippen molar-refractivity contribution in [3.8, 4) is 0 Å². The molecule has 7 heteroatoms. The highest BCUT2D eigenvalue weighted by Gasteiger charge is 2.26. The van der Waals surface area contributed by atoms with Crippen LogP contribution < -0.4 is 16.8 Å². The monoisotopic (exact) mass is 267 g/mol. The number of aromatic amines is 1. The van der Waals surface area contributed by atoms with Crippen LogP contribution in [0.25, 0.3) is 0 Å². The van der Waals surface area contributed by atoms with Gasteiger partial charge in [0.2, 0.25) is 11.8 Å². The molecule has 0 aromatic carbocycles. The zero-order valence-corrected chi connectivity index (χ0v) is 11.2. The molecule has 0 unspecified atom stereocenters. The van der Waals surface area contributed by atoms with Crippen LogP contribution in [0.3, 0.4) is 0 Å². The minimum Gasteiger partial charge on any atom is -0.368 e. The van der Waals surface area contributed by atoms with Crippen molar-refractivity contribution < 1.29 is 9.59 Å². The molecule has 0 spiro atoms. The first kappa shape index (κ1) is 15.2. The molecule has 0 aliphatic rings.